The molecule has 0 radical (unpaired) electrons. The zero-order valence-electron chi connectivity index (χ0n) is 9.53. The van der Waals surface area contributed by atoms with Gasteiger partial charge in [0.2, 0.25) is 11.8 Å². The third-order valence-electron chi connectivity index (χ3n) is 2.81. The Balaban J connectivity index is 2.57. The van der Waals surface area contributed by atoms with Crippen molar-refractivity contribution in [2.75, 3.05) is 13.6 Å². The quantitative estimate of drug-likeness (QED) is 0.662. The Kier molecular flexibility index (Phi) is 4.23. The number of hydrogen-bond donors (Lipinski definition) is 2. The lowest BCUT2D eigenvalue weighted by atomic mass is 10.1. The fraction of sp³-hybridized carbons (Fsp3) is 0.700. The van der Waals surface area contributed by atoms with Crippen molar-refractivity contribution in [2.24, 2.45) is 11.7 Å². The smallest absolute Gasteiger partial charge is 0.244 e. The highest BCUT2D eigenvalue weighted by atomic mass is 32.1. The minimum absolute atomic E-state index is 0.0499. The van der Waals surface area contributed by atoms with Crippen molar-refractivity contribution in [2.45, 2.75) is 25.8 Å². The molecule has 1 aliphatic heterocycles. The lowest BCUT2D eigenvalue weighted by molar-refractivity contribution is -0.132. The third kappa shape index (κ3) is 2.69. The molecule has 0 aromatic rings. The second-order valence-corrected chi connectivity index (χ2v) is 4.44. The van der Waals surface area contributed by atoms with Gasteiger partial charge in [-0.1, -0.05) is 19.1 Å². The van der Waals surface area contributed by atoms with Gasteiger partial charge in [0, 0.05) is 13.6 Å². The van der Waals surface area contributed by atoms with E-state index in [0.717, 1.165) is 0 Å². The molecule has 2 amide bonds. The highest BCUT2D eigenvalue weighted by Gasteiger charge is 2.32. The average Bonchev–Trinajstić information content (AvgIpc) is 2.50. The molecular weight excluding hydrogens is 226 g/mol. The normalized spacial score (nSPS) is 22.0. The van der Waals surface area contributed by atoms with E-state index < -0.39 is 12.0 Å². The molecule has 3 N–H and O–H groups in total. The van der Waals surface area contributed by atoms with Crippen LogP contribution >= 0.6 is 12.2 Å². The van der Waals surface area contributed by atoms with Gasteiger partial charge in [-0.05, 0) is 12.8 Å². The Labute approximate surface area is 100 Å². The standard InChI is InChI=1S/C10H17N3O2S/c1-3-6(8(11)16)9(14)12-7-4-5-13(2)10(7)15/h6-7H,3-5H2,1-2H3,(H2,11,16)(H,12,14). The SMILES string of the molecule is CCC(C(=O)NC1CCN(C)C1=O)C(N)=S. The van der Waals surface area contributed by atoms with Gasteiger partial charge < -0.3 is 16.0 Å². The number of thiocarbonyl (C=S) groups is 1. The number of nitrogens with zero attached hydrogens (tertiary/aromatic N) is 1. The van der Waals surface area contributed by atoms with Crippen LogP contribution < -0.4 is 11.1 Å². The van der Waals surface area contributed by atoms with E-state index in [1.807, 2.05) is 6.92 Å². The molecule has 0 bridgehead atoms. The first-order chi connectivity index (χ1) is 7.47. The molecule has 1 fully saturated rings. The molecule has 16 heavy (non-hydrogen) atoms. The molecule has 1 heterocycles. The number of amides is 2. The predicted octanol–water partition coefficient (Wildman–Crippen LogP) is -0.354. The van der Waals surface area contributed by atoms with E-state index in [1.54, 1.807) is 11.9 Å². The highest BCUT2D eigenvalue weighted by molar-refractivity contribution is 7.80. The Bertz CT molecular complexity index is 319. The van der Waals surface area contributed by atoms with E-state index in [-0.39, 0.29) is 16.8 Å². The number of rotatable bonds is 4. The van der Waals surface area contributed by atoms with Gasteiger partial charge in [-0.2, -0.15) is 0 Å². The largest absolute Gasteiger partial charge is 0.393 e. The van der Waals surface area contributed by atoms with Crippen molar-refractivity contribution in [3.8, 4) is 0 Å². The van der Waals surface area contributed by atoms with Crippen LogP contribution in [-0.2, 0) is 9.59 Å². The summed E-state index contributed by atoms with van der Waals surface area (Å²) < 4.78 is 0. The van der Waals surface area contributed by atoms with Crippen molar-refractivity contribution < 1.29 is 9.59 Å². The van der Waals surface area contributed by atoms with E-state index in [2.05, 4.69) is 5.32 Å². The number of carbonyl (C=O) groups excluding carboxylic acids is 2. The summed E-state index contributed by atoms with van der Waals surface area (Å²) in [5.74, 6) is -0.775. The molecule has 0 aromatic heterocycles. The van der Waals surface area contributed by atoms with Gasteiger partial charge in [-0.25, -0.2) is 0 Å². The number of nitrogens with one attached hydrogen (secondary N) is 1. The molecule has 2 unspecified atom stereocenters. The van der Waals surface area contributed by atoms with Crippen LogP contribution in [-0.4, -0.2) is 41.3 Å². The molecule has 1 rings (SSSR count). The molecule has 0 aromatic carbocycles. The Hall–Kier alpha value is -1.17. The molecule has 2 atom stereocenters. The van der Waals surface area contributed by atoms with Crippen LogP contribution in [0.5, 0.6) is 0 Å². The molecule has 1 aliphatic rings. The summed E-state index contributed by atoms with van der Waals surface area (Å²) in [5, 5.41) is 2.69. The van der Waals surface area contributed by atoms with Gasteiger partial charge in [0.15, 0.2) is 0 Å². The molecule has 0 spiro atoms. The maximum atomic E-state index is 11.8. The molecule has 0 saturated carbocycles. The number of carbonyl (C=O) groups is 2. The number of nitrogens with two attached hydrogens (primary N) is 1. The summed E-state index contributed by atoms with van der Waals surface area (Å²) in [7, 11) is 1.72. The Morgan fingerprint density at radius 2 is 2.38 bits per heavy atom. The summed E-state index contributed by atoms with van der Waals surface area (Å²) in [6.07, 6.45) is 1.20. The summed E-state index contributed by atoms with van der Waals surface area (Å²) in [5.41, 5.74) is 5.46. The maximum absolute atomic E-state index is 11.8. The summed E-state index contributed by atoms with van der Waals surface area (Å²) in [4.78, 5) is 25.1. The molecule has 90 valence electrons. The number of hydrogen-bond acceptors (Lipinski definition) is 3. The zero-order chi connectivity index (χ0) is 12.3. The van der Waals surface area contributed by atoms with E-state index in [0.29, 0.717) is 19.4 Å². The van der Waals surface area contributed by atoms with Gasteiger partial charge in [-0.15, -0.1) is 0 Å². The molecule has 0 aliphatic carbocycles. The van der Waals surface area contributed by atoms with Gasteiger partial charge in [0.25, 0.3) is 0 Å². The van der Waals surface area contributed by atoms with Gasteiger partial charge >= 0.3 is 0 Å². The van der Waals surface area contributed by atoms with E-state index in [9.17, 15) is 9.59 Å². The lowest BCUT2D eigenvalue weighted by Gasteiger charge is -2.17. The minimum Gasteiger partial charge on any atom is -0.393 e. The minimum atomic E-state index is -0.478. The molecule has 6 heteroatoms. The van der Waals surface area contributed by atoms with E-state index >= 15 is 0 Å². The monoisotopic (exact) mass is 243 g/mol. The first-order valence-corrected chi connectivity index (χ1v) is 5.72. The van der Waals surface area contributed by atoms with Crippen molar-refractivity contribution in [3.63, 3.8) is 0 Å². The van der Waals surface area contributed by atoms with Crippen LogP contribution in [0.3, 0.4) is 0 Å². The molecular formula is C10H17N3O2S. The van der Waals surface area contributed by atoms with Crippen molar-refractivity contribution >= 4 is 29.0 Å². The highest BCUT2D eigenvalue weighted by Crippen LogP contribution is 2.10. The topological polar surface area (TPSA) is 75.4 Å². The molecule has 1 saturated heterocycles. The number of likely N-dealkylation sites (N-methyl/N-ethyl adjacent to an activating group) is 1. The van der Waals surface area contributed by atoms with Gasteiger partial charge in [0.1, 0.15) is 6.04 Å². The second-order valence-electron chi connectivity index (χ2n) is 3.97. The predicted molar refractivity (Wildman–Crippen MR) is 64.8 cm³/mol. The second kappa shape index (κ2) is 5.25. The summed E-state index contributed by atoms with van der Waals surface area (Å²) >= 11 is 4.81. The van der Waals surface area contributed by atoms with Crippen LogP contribution in [0.2, 0.25) is 0 Å². The fourth-order valence-electron chi connectivity index (χ4n) is 1.74. The van der Waals surface area contributed by atoms with E-state index in [4.69, 9.17) is 18.0 Å². The van der Waals surface area contributed by atoms with Crippen LogP contribution in [0, 0.1) is 5.92 Å². The first kappa shape index (κ1) is 12.9. The third-order valence-corrected chi connectivity index (χ3v) is 3.10. The van der Waals surface area contributed by atoms with Crippen LogP contribution in [0.4, 0.5) is 0 Å². The average molecular weight is 243 g/mol. The Morgan fingerprint density at radius 3 is 2.75 bits per heavy atom. The van der Waals surface area contributed by atoms with Gasteiger partial charge in [-0.3, -0.25) is 9.59 Å². The van der Waals surface area contributed by atoms with Crippen LogP contribution in [0.25, 0.3) is 0 Å². The van der Waals surface area contributed by atoms with Crippen LogP contribution in [0.15, 0.2) is 0 Å². The van der Waals surface area contributed by atoms with Crippen LogP contribution in [0.1, 0.15) is 19.8 Å². The fourth-order valence-corrected chi connectivity index (χ4v) is 2.02. The maximum Gasteiger partial charge on any atom is 0.244 e. The molecule has 5 nitrogen and oxygen atoms in total. The number of likely N-dealkylation sites (tertiary alicyclic amines) is 1. The summed E-state index contributed by atoms with van der Waals surface area (Å²) in [6, 6.07) is -0.416. The summed E-state index contributed by atoms with van der Waals surface area (Å²) in [6.45, 7) is 2.51. The lowest BCUT2D eigenvalue weighted by Crippen LogP contribution is -2.45. The Morgan fingerprint density at radius 1 is 1.75 bits per heavy atom. The van der Waals surface area contributed by atoms with E-state index in [1.165, 1.54) is 0 Å². The zero-order valence-corrected chi connectivity index (χ0v) is 10.3. The van der Waals surface area contributed by atoms with Crippen molar-refractivity contribution in [3.05, 3.63) is 0 Å². The van der Waals surface area contributed by atoms with Gasteiger partial charge in [0.05, 0.1) is 10.9 Å². The first-order valence-electron chi connectivity index (χ1n) is 5.32. The van der Waals surface area contributed by atoms with Crippen molar-refractivity contribution in [1.29, 1.82) is 0 Å². The van der Waals surface area contributed by atoms with Crippen molar-refractivity contribution in [1.82, 2.24) is 10.2 Å².